The number of hydrogen-bond donors (Lipinski definition) is 2. The number of nitrogens with two attached hydrogens (primary N) is 1. The Kier molecular flexibility index (Phi) is 4.49. The third-order valence-corrected chi connectivity index (χ3v) is 4.93. The summed E-state index contributed by atoms with van der Waals surface area (Å²) >= 11 is 1.26. The second kappa shape index (κ2) is 6.57. The van der Waals surface area contributed by atoms with E-state index in [1.807, 2.05) is 19.1 Å². The maximum Gasteiger partial charge on any atom is 0.267 e. The average molecular weight is 343 g/mol. The molecule has 0 fully saturated rings. The molecule has 1 aromatic carbocycles. The van der Waals surface area contributed by atoms with E-state index in [0.29, 0.717) is 16.3 Å². The number of aryl methyl sites for hydroxylation is 2. The molecule has 124 valence electrons. The Balaban J connectivity index is 1.94. The number of hydrogen-bond acceptors (Lipinski definition) is 4. The Morgan fingerprint density at radius 1 is 1.33 bits per heavy atom. The predicted octanol–water partition coefficient (Wildman–Crippen LogP) is 4.53. The van der Waals surface area contributed by atoms with E-state index in [1.54, 1.807) is 6.07 Å². The van der Waals surface area contributed by atoms with Crippen molar-refractivity contribution in [3.05, 3.63) is 52.3 Å². The SMILES string of the molecule is CCCc1ccc2c(N)c(C(=O)Nc3cc(F)ccc3C)sc2n1. The summed E-state index contributed by atoms with van der Waals surface area (Å²) in [6.07, 6.45) is 1.89. The monoisotopic (exact) mass is 343 g/mol. The van der Waals surface area contributed by atoms with Crippen molar-refractivity contribution in [2.24, 2.45) is 0 Å². The minimum absolute atomic E-state index is 0.346. The standard InChI is InChI=1S/C18H18FN3OS/c1-3-4-12-7-8-13-15(20)16(24-18(13)21-12)17(23)22-14-9-11(19)6-5-10(14)2/h5-9H,3-4,20H2,1-2H3,(H,22,23). The first-order valence-corrected chi connectivity index (χ1v) is 8.56. The summed E-state index contributed by atoms with van der Waals surface area (Å²) in [5.41, 5.74) is 8.75. The largest absolute Gasteiger partial charge is 0.397 e. The van der Waals surface area contributed by atoms with Gasteiger partial charge in [0.15, 0.2) is 0 Å². The van der Waals surface area contributed by atoms with Gasteiger partial charge in [0.1, 0.15) is 15.5 Å². The number of rotatable bonds is 4. The Morgan fingerprint density at radius 3 is 2.88 bits per heavy atom. The number of amides is 1. The van der Waals surface area contributed by atoms with Gasteiger partial charge in [0.05, 0.1) is 5.69 Å². The smallest absolute Gasteiger partial charge is 0.267 e. The molecule has 1 amide bonds. The number of nitrogens with zero attached hydrogens (tertiary/aromatic N) is 1. The van der Waals surface area contributed by atoms with Crippen LogP contribution in [0.5, 0.6) is 0 Å². The molecule has 0 unspecified atom stereocenters. The zero-order valence-corrected chi connectivity index (χ0v) is 14.3. The number of nitrogens with one attached hydrogen (secondary N) is 1. The second-order valence-corrected chi connectivity index (χ2v) is 6.66. The van der Waals surface area contributed by atoms with E-state index in [0.717, 1.165) is 34.3 Å². The lowest BCUT2D eigenvalue weighted by molar-refractivity contribution is 0.103. The van der Waals surface area contributed by atoms with E-state index >= 15 is 0 Å². The summed E-state index contributed by atoms with van der Waals surface area (Å²) in [4.78, 5) is 18.3. The number of carbonyl (C=O) groups excluding carboxylic acids is 1. The van der Waals surface area contributed by atoms with E-state index in [1.165, 1.54) is 23.5 Å². The van der Waals surface area contributed by atoms with E-state index in [-0.39, 0.29) is 5.91 Å². The minimum Gasteiger partial charge on any atom is -0.397 e. The van der Waals surface area contributed by atoms with Crippen molar-refractivity contribution < 1.29 is 9.18 Å². The number of fused-ring (bicyclic) bond motifs is 1. The summed E-state index contributed by atoms with van der Waals surface area (Å²) in [6, 6.07) is 8.13. The zero-order valence-electron chi connectivity index (χ0n) is 13.5. The number of anilines is 2. The third kappa shape index (κ3) is 3.10. The minimum atomic E-state index is -0.397. The van der Waals surface area contributed by atoms with Crippen molar-refractivity contribution >= 4 is 38.8 Å². The lowest BCUT2D eigenvalue weighted by atomic mass is 10.2. The summed E-state index contributed by atoms with van der Waals surface area (Å²) < 4.78 is 13.4. The van der Waals surface area contributed by atoms with Gasteiger partial charge in [-0.15, -0.1) is 11.3 Å². The van der Waals surface area contributed by atoms with Gasteiger partial charge < -0.3 is 11.1 Å². The first kappa shape index (κ1) is 16.4. The molecule has 0 spiro atoms. The van der Waals surface area contributed by atoms with Crippen molar-refractivity contribution in [2.45, 2.75) is 26.7 Å². The molecule has 0 aliphatic carbocycles. The van der Waals surface area contributed by atoms with Gasteiger partial charge in [-0.1, -0.05) is 19.4 Å². The molecule has 3 N–H and O–H groups in total. The molecule has 0 aliphatic rings. The second-order valence-electron chi connectivity index (χ2n) is 5.66. The Labute approximate surface area is 143 Å². The number of carbonyl (C=O) groups is 1. The van der Waals surface area contributed by atoms with Gasteiger partial charge in [0, 0.05) is 16.8 Å². The zero-order chi connectivity index (χ0) is 17.3. The van der Waals surface area contributed by atoms with Crippen LogP contribution in [0.2, 0.25) is 0 Å². The van der Waals surface area contributed by atoms with Crippen LogP contribution in [-0.4, -0.2) is 10.9 Å². The molecule has 0 saturated carbocycles. The summed E-state index contributed by atoms with van der Waals surface area (Å²) in [7, 11) is 0. The lowest BCUT2D eigenvalue weighted by Gasteiger charge is -2.07. The Morgan fingerprint density at radius 2 is 2.12 bits per heavy atom. The Bertz CT molecular complexity index is 920. The predicted molar refractivity (Wildman–Crippen MR) is 97.1 cm³/mol. The third-order valence-electron chi connectivity index (χ3n) is 3.81. The molecule has 4 nitrogen and oxygen atoms in total. The van der Waals surface area contributed by atoms with Crippen molar-refractivity contribution in [1.82, 2.24) is 4.98 Å². The van der Waals surface area contributed by atoms with Gasteiger partial charge in [0.25, 0.3) is 5.91 Å². The van der Waals surface area contributed by atoms with Crippen molar-refractivity contribution in [3.8, 4) is 0 Å². The van der Waals surface area contributed by atoms with Gasteiger partial charge in [-0.2, -0.15) is 0 Å². The molecule has 0 aliphatic heterocycles. The van der Waals surface area contributed by atoms with E-state index in [2.05, 4.69) is 17.2 Å². The van der Waals surface area contributed by atoms with Crippen LogP contribution < -0.4 is 11.1 Å². The first-order valence-electron chi connectivity index (χ1n) is 7.75. The van der Waals surface area contributed by atoms with Crippen molar-refractivity contribution in [2.75, 3.05) is 11.1 Å². The van der Waals surface area contributed by atoms with E-state index in [9.17, 15) is 9.18 Å². The van der Waals surface area contributed by atoms with Crippen LogP contribution in [-0.2, 0) is 6.42 Å². The van der Waals surface area contributed by atoms with Crippen LogP contribution in [0.1, 0.15) is 34.3 Å². The van der Waals surface area contributed by atoms with E-state index in [4.69, 9.17) is 5.73 Å². The molecule has 0 radical (unpaired) electrons. The van der Waals surface area contributed by atoms with Crippen LogP contribution in [0.3, 0.4) is 0 Å². The number of nitrogen functional groups attached to an aromatic ring is 1. The van der Waals surface area contributed by atoms with Crippen LogP contribution >= 0.6 is 11.3 Å². The van der Waals surface area contributed by atoms with Gasteiger partial charge >= 0.3 is 0 Å². The molecule has 2 aromatic heterocycles. The molecule has 0 saturated heterocycles. The molecule has 24 heavy (non-hydrogen) atoms. The molecule has 0 bridgehead atoms. The van der Waals surface area contributed by atoms with Gasteiger partial charge in [-0.05, 0) is 43.2 Å². The number of thiophene rings is 1. The molecule has 3 aromatic rings. The van der Waals surface area contributed by atoms with E-state index < -0.39 is 5.82 Å². The first-order chi connectivity index (χ1) is 11.5. The van der Waals surface area contributed by atoms with Crippen LogP contribution in [0.4, 0.5) is 15.8 Å². The number of aromatic nitrogens is 1. The molecule has 3 rings (SSSR count). The fourth-order valence-electron chi connectivity index (χ4n) is 2.51. The maximum atomic E-state index is 13.4. The quantitative estimate of drug-likeness (QED) is 0.731. The highest BCUT2D eigenvalue weighted by Gasteiger charge is 2.18. The number of pyridine rings is 1. The fourth-order valence-corrected chi connectivity index (χ4v) is 3.52. The van der Waals surface area contributed by atoms with Crippen LogP contribution in [0.25, 0.3) is 10.2 Å². The molecular weight excluding hydrogens is 325 g/mol. The maximum absolute atomic E-state index is 13.4. The topological polar surface area (TPSA) is 68.0 Å². The highest BCUT2D eigenvalue weighted by molar-refractivity contribution is 7.21. The number of benzene rings is 1. The average Bonchev–Trinajstić information content (AvgIpc) is 2.88. The normalized spacial score (nSPS) is 11.0. The fraction of sp³-hybridized carbons (Fsp3) is 0.222. The highest BCUT2D eigenvalue weighted by Crippen LogP contribution is 2.33. The molecule has 0 atom stereocenters. The lowest BCUT2D eigenvalue weighted by Crippen LogP contribution is -2.13. The van der Waals surface area contributed by atoms with Crippen molar-refractivity contribution in [3.63, 3.8) is 0 Å². The van der Waals surface area contributed by atoms with Crippen molar-refractivity contribution in [1.29, 1.82) is 0 Å². The summed E-state index contributed by atoms with van der Waals surface area (Å²) in [5.74, 6) is -0.743. The number of halogens is 1. The van der Waals surface area contributed by atoms with Crippen LogP contribution in [0.15, 0.2) is 30.3 Å². The summed E-state index contributed by atoms with van der Waals surface area (Å²) in [5, 5.41) is 3.51. The molecular formula is C18H18FN3OS. The highest BCUT2D eigenvalue weighted by atomic mass is 32.1. The van der Waals surface area contributed by atoms with Gasteiger partial charge in [-0.25, -0.2) is 9.37 Å². The molecule has 2 heterocycles. The summed E-state index contributed by atoms with van der Waals surface area (Å²) in [6.45, 7) is 3.90. The van der Waals surface area contributed by atoms with Crippen LogP contribution in [0, 0.1) is 12.7 Å². The molecule has 6 heteroatoms. The van der Waals surface area contributed by atoms with Gasteiger partial charge in [0.2, 0.25) is 0 Å². The van der Waals surface area contributed by atoms with Gasteiger partial charge in [-0.3, -0.25) is 4.79 Å². The Hall–Kier alpha value is -2.47.